The number of ether oxygens (including phenoxy) is 2. The van der Waals surface area contributed by atoms with Crippen LogP contribution in [0.3, 0.4) is 0 Å². The minimum absolute atomic E-state index is 0.168. The van der Waals surface area contributed by atoms with E-state index in [0.29, 0.717) is 22.7 Å². The zero-order chi connectivity index (χ0) is 36.8. The van der Waals surface area contributed by atoms with E-state index in [-0.39, 0.29) is 30.7 Å². The molecule has 4 rings (SSSR count). The molecule has 0 radical (unpaired) electrons. The maximum atomic E-state index is 12.5. The molecule has 0 fully saturated rings. The van der Waals surface area contributed by atoms with E-state index in [1.165, 1.54) is 12.4 Å². The number of aromatic nitrogens is 4. The molecule has 4 aromatic rings. The van der Waals surface area contributed by atoms with Gasteiger partial charge in [-0.2, -0.15) is 43.2 Å². The summed E-state index contributed by atoms with van der Waals surface area (Å²) >= 11 is 3.48. The molecule has 0 atom stereocenters. The summed E-state index contributed by atoms with van der Waals surface area (Å²) in [5.74, 6) is -3.75. The van der Waals surface area contributed by atoms with E-state index in [1.54, 1.807) is 12.5 Å². The number of thioether (sulfide) groups is 2. The Labute approximate surface area is 280 Å². The lowest BCUT2D eigenvalue weighted by atomic mass is 10.4. The van der Waals surface area contributed by atoms with Crippen molar-refractivity contribution in [3.63, 3.8) is 0 Å². The zero-order valence-corrected chi connectivity index (χ0v) is 28.5. The third-order valence-electron chi connectivity index (χ3n) is 4.79. The molecule has 0 N–H and O–H groups in total. The number of hydrogen-bond donors (Lipinski definition) is 0. The van der Waals surface area contributed by atoms with E-state index in [4.69, 9.17) is 9.93 Å². The molecular formula is C20H14F6N4O12S6. The van der Waals surface area contributed by atoms with E-state index in [1.807, 2.05) is 0 Å². The summed E-state index contributed by atoms with van der Waals surface area (Å²) in [6.07, 6.45) is 5.72. The standard InChI is InChI=1S/2C10H7F3N2O5S3.O2/c2*1-19-8(16)7-6(20-23(17,18)10(11,12)13)5-4(22-7)3-14-9(15-5)21-2;1-2/h2*3H,1-2H3;. The monoisotopic (exact) mass is 808 g/mol. The zero-order valence-electron chi connectivity index (χ0n) is 23.6. The van der Waals surface area contributed by atoms with Crippen LogP contribution in [-0.2, 0) is 29.7 Å². The van der Waals surface area contributed by atoms with Crippen molar-refractivity contribution in [3.8, 4) is 11.5 Å². The Kier molecular flexibility index (Phi) is 13.3. The summed E-state index contributed by atoms with van der Waals surface area (Å²) in [6, 6.07) is 0. The average molecular weight is 809 g/mol. The molecular weight excluding hydrogens is 795 g/mol. The summed E-state index contributed by atoms with van der Waals surface area (Å²) in [6.45, 7) is 0. The number of halogens is 6. The third kappa shape index (κ3) is 8.89. The lowest BCUT2D eigenvalue weighted by Crippen LogP contribution is -2.28. The highest BCUT2D eigenvalue weighted by molar-refractivity contribution is 7.98. The van der Waals surface area contributed by atoms with Crippen LogP contribution in [0, 0.1) is 9.93 Å². The number of esters is 2. The molecule has 0 aliphatic carbocycles. The molecule has 0 saturated carbocycles. The van der Waals surface area contributed by atoms with Gasteiger partial charge in [-0.15, -0.1) is 22.7 Å². The summed E-state index contributed by atoms with van der Waals surface area (Å²) in [5.41, 5.74) is -11.7. The van der Waals surface area contributed by atoms with Gasteiger partial charge in [-0.1, -0.05) is 23.5 Å². The second kappa shape index (κ2) is 15.7. The first-order valence-corrected chi connectivity index (χ1v) is 18.1. The maximum absolute atomic E-state index is 12.5. The predicted octanol–water partition coefficient (Wildman–Crippen LogP) is 4.92. The molecule has 0 aliphatic heterocycles. The minimum Gasteiger partial charge on any atom is -0.465 e. The van der Waals surface area contributed by atoms with Crippen molar-refractivity contribution in [2.75, 3.05) is 26.7 Å². The quantitative estimate of drug-likeness (QED) is 0.0575. The van der Waals surface area contributed by atoms with Gasteiger partial charge in [-0.3, -0.25) is 0 Å². The number of hydrogen-bond acceptors (Lipinski definition) is 20. The molecule has 48 heavy (non-hydrogen) atoms. The Balaban J connectivity index is 0.000000317. The molecule has 0 aliphatic rings. The summed E-state index contributed by atoms with van der Waals surface area (Å²) < 4.78 is 138. The number of fused-ring (bicyclic) bond motifs is 2. The molecule has 0 saturated heterocycles. The van der Waals surface area contributed by atoms with Crippen LogP contribution < -0.4 is 8.37 Å². The summed E-state index contributed by atoms with van der Waals surface area (Å²) in [5, 5.41) is 0.335. The number of carbonyl (C=O) groups is 2. The number of thiophene rings is 2. The van der Waals surface area contributed by atoms with Gasteiger partial charge in [0.1, 0.15) is 11.0 Å². The van der Waals surface area contributed by atoms with Crippen molar-refractivity contribution in [3.05, 3.63) is 32.1 Å². The Morgan fingerprint density at radius 3 is 1.25 bits per heavy atom. The largest absolute Gasteiger partial charge is 0.534 e. The molecule has 0 unspecified atom stereocenters. The number of alkyl halides is 6. The van der Waals surface area contributed by atoms with Crippen LogP contribution in [0.15, 0.2) is 22.7 Å². The van der Waals surface area contributed by atoms with Crippen LogP contribution in [0.5, 0.6) is 11.5 Å². The van der Waals surface area contributed by atoms with Crippen molar-refractivity contribution >= 4 is 98.8 Å². The minimum atomic E-state index is -5.96. The molecule has 0 aromatic carbocycles. The van der Waals surface area contributed by atoms with Gasteiger partial charge in [0, 0.05) is 22.3 Å². The van der Waals surface area contributed by atoms with Gasteiger partial charge in [-0.05, 0) is 12.5 Å². The molecule has 4 heterocycles. The highest BCUT2D eigenvalue weighted by Gasteiger charge is 2.50. The number of carbonyl (C=O) groups excluding carboxylic acids is 2. The van der Waals surface area contributed by atoms with Gasteiger partial charge >= 0.3 is 43.2 Å². The van der Waals surface area contributed by atoms with Crippen LogP contribution in [0.1, 0.15) is 19.3 Å². The van der Waals surface area contributed by atoms with Crippen LogP contribution in [0.2, 0.25) is 0 Å². The Bertz CT molecular complexity index is 1890. The van der Waals surface area contributed by atoms with Gasteiger partial charge in [0.15, 0.2) is 31.6 Å². The molecule has 264 valence electrons. The first-order chi connectivity index (χ1) is 22.2. The van der Waals surface area contributed by atoms with Crippen molar-refractivity contribution in [2.45, 2.75) is 21.3 Å². The maximum Gasteiger partial charge on any atom is 0.534 e. The second-order valence-corrected chi connectivity index (χ2v) is 14.3. The first kappa shape index (κ1) is 40.6. The Morgan fingerprint density at radius 1 is 0.688 bits per heavy atom. The van der Waals surface area contributed by atoms with E-state index in [9.17, 15) is 52.8 Å². The molecule has 0 spiro atoms. The molecule has 0 bridgehead atoms. The van der Waals surface area contributed by atoms with Gasteiger partial charge < -0.3 is 17.8 Å². The van der Waals surface area contributed by atoms with E-state index in [0.717, 1.165) is 37.7 Å². The van der Waals surface area contributed by atoms with Crippen molar-refractivity contribution in [2.24, 2.45) is 0 Å². The van der Waals surface area contributed by atoms with Crippen molar-refractivity contribution in [1.29, 1.82) is 0 Å². The number of methoxy groups -OCH3 is 2. The fraction of sp³-hybridized carbons (Fsp3) is 0.300. The van der Waals surface area contributed by atoms with E-state index in [2.05, 4.69) is 37.8 Å². The fourth-order valence-electron chi connectivity index (χ4n) is 2.83. The number of rotatable bonds is 8. The number of nitrogens with zero attached hydrogens (tertiary/aromatic N) is 4. The molecule has 28 heteroatoms. The Hall–Kier alpha value is -3.60. The topological polar surface area (TPSA) is 225 Å². The van der Waals surface area contributed by atoms with Crippen LogP contribution in [0.4, 0.5) is 26.3 Å². The highest BCUT2D eigenvalue weighted by atomic mass is 32.2. The normalized spacial score (nSPS) is 12.0. The second-order valence-electron chi connectivity index (χ2n) is 7.61. The Morgan fingerprint density at radius 2 is 1.00 bits per heavy atom. The van der Waals surface area contributed by atoms with Crippen LogP contribution in [0.25, 0.3) is 20.4 Å². The van der Waals surface area contributed by atoms with Gasteiger partial charge in [-0.25, -0.2) is 29.5 Å². The molecule has 0 amide bonds. The predicted molar refractivity (Wildman–Crippen MR) is 159 cm³/mol. The smallest absolute Gasteiger partial charge is 0.465 e. The van der Waals surface area contributed by atoms with Crippen LogP contribution >= 0.6 is 46.2 Å². The molecule has 4 aromatic heterocycles. The third-order valence-corrected chi connectivity index (χ3v) is 9.97. The first-order valence-electron chi connectivity index (χ1n) is 11.2. The van der Waals surface area contributed by atoms with E-state index >= 15 is 0 Å². The van der Waals surface area contributed by atoms with Crippen molar-refractivity contribution < 1.29 is 70.6 Å². The van der Waals surface area contributed by atoms with E-state index < -0.39 is 64.4 Å². The highest BCUT2D eigenvalue weighted by Crippen LogP contribution is 2.41. The lowest BCUT2D eigenvalue weighted by molar-refractivity contribution is -0.0504. The van der Waals surface area contributed by atoms with Crippen LogP contribution in [-0.4, -0.2) is 86.5 Å². The fourth-order valence-corrected chi connectivity index (χ4v) is 6.49. The average Bonchev–Trinajstić information content (AvgIpc) is 3.57. The summed E-state index contributed by atoms with van der Waals surface area (Å²) in [7, 11) is -9.94. The SMILES string of the molecule is COC(=O)c1sc2cnc(SC)nc2c1OS(=O)(=O)C(F)(F)F.COC(=O)c1sc2cnc(SC)nc2c1OS(=O)(=O)C(F)(F)F.O=O. The van der Waals surface area contributed by atoms with Gasteiger partial charge in [0.05, 0.1) is 23.6 Å². The lowest BCUT2D eigenvalue weighted by Gasteiger charge is -2.09. The van der Waals surface area contributed by atoms with Gasteiger partial charge in [0.2, 0.25) is 0 Å². The molecule has 16 nitrogen and oxygen atoms in total. The van der Waals surface area contributed by atoms with Crippen molar-refractivity contribution in [1.82, 2.24) is 19.9 Å². The summed E-state index contributed by atoms with van der Waals surface area (Å²) in [4.78, 5) is 52.0. The van der Waals surface area contributed by atoms with Gasteiger partial charge in [0.25, 0.3) is 0 Å².